The lowest BCUT2D eigenvalue weighted by atomic mass is 9.70. The highest BCUT2D eigenvalue weighted by molar-refractivity contribution is 5.99. The van der Waals surface area contributed by atoms with E-state index in [1.165, 1.54) is 0 Å². The molecule has 2 bridgehead atoms. The van der Waals surface area contributed by atoms with Gasteiger partial charge in [-0.2, -0.15) is 0 Å². The molecular weight excluding hydrogens is 410 g/mol. The van der Waals surface area contributed by atoms with Gasteiger partial charge in [0, 0.05) is 39.3 Å². The van der Waals surface area contributed by atoms with E-state index in [2.05, 4.69) is 13.2 Å². The van der Waals surface area contributed by atoms with Crippen LogP contribution in [0.2, 0.25) is 0 Å². The maximum absolute atomic E-state index is 13.8. The zero-order valence-corrected chi connectivity index (χ0v) is 19.5. The second-order valence-corrected chi connectivity index (χ2v) is 9.40. The smallest absolute Gasteiger partial charge is 0.248 e. The largest absolute Gasteiger partial charge is 0.396 e. The SMILES string of the molecule is C=CCN(C)C(=O)[C@@H]1[C@H]2C(=O)N(CCCCO)C(C(=O)N(CC=C)C(C)C)C23CC[C@H]1O3. The average molecular weight is 448 g/mol. The molecule has 32 heavy (non-hydrogen) atoms. The standard InChI is InChI=1S/C24H37N3O5/c1-6-12-25(5)21(29)18-17-10-11-24(32-17)19(18)22(30)27(14-8-9-15-28)20(24)23(31)26(13-7-2)16(3)4/h6-7,16-20,28H,1-2,8-15H2,3-5H3/t17-,18+,19+,20?,24?/m1/s1. The Morgan fingerprint density at radius 2 is 1.94 bits per heavy atom. The Labute approximate surface area is 190 Å². The Morgan fingerprint density at radius 1 is 1.25 bits per heavy atom. The zero-order valence-electron chi connectivity index (χ0n) is 19.5. The number of likely N-dealkylation sites (tertiary alicyclic amines) is 1. The van der Waals surface area contributed by atoms with Crippen LogP contribution in [0.25, 0.3) is 0 Å². The van der Waals surface area contributed by atoms with Gasteiger partial charge < -0.3 is 24.5 Å². The van der Waals surface area contributed by atoms with Crippen molar-refractivity contribution >= 4 is 17.7 Å². The van der Waals surface area contributed by atoms with Gasteiger partial charge >= 0.3 is 0 Å². The van der Waals surface area contributed by atoms with E-state index in [-0.39, 0.29) is 36.5 Å². The lowest BCUT2D eigenvalue weighted by Crippen LogP contribution is -2.57. The summed E-state index contributed by atoms with van der Waals surface area (Å²) in [5, 5.41) is 9.23. The van der Waals surface area contributed by atoms with Gasteiger partial charge in [0.2, 0.25) is 17.7 Å². The Kier molecular flexibility index (Phi) is 7.45. The van der Waals surface area contributed by atoms with Crippen LogP contribution in [-0.2, 0) is 19.1 Å². The minimum Gasteiger partial charge on any atom is -0.396 e. The lowest BCUT2D eigenvalue weighted by molar-refractivity contribution is -0.149. The highest BCUT2D eigenvalue weighted by Gasteiger charge is 2.74. The number of carbonyl (C=O) groups is 3. The minimum atomic E-state index is -0.984. The molecule has 3 rings (SSSR count). The summed E-state index contributed by atoms with van der Waals surface area (Å²) in [5.74, 6) is -1.73. The van der Waals surface area contributed by atoms with Crippen molar-refractivity contribution in [2.45, 2.75) is 63.3 Å². The first kappa shape index (κ1) is 24.5. The first-order chi connectivity index (χ1) is 15.2. The van der Waals surface area contributed by atoms with Crippen molar-refractivity contribution in [2.75, 3.05) is 33.3 Å². The molecule has 178 valence electrons. The highest BCUT2D eigenvalue weighted by Crippen LogP contribution is 2.58. The fourth-order valence-corrected chi connectivity index (χ4v) is 5.74. The Hall–Kier alpha value is -2.19. The molecule has 0 aromatic carbocycles. The van der Waals surface area contributed by atoms with Crippen LogP contribution in [0.1, 0.15) is 39.5 Å². The summed E-state index contributed by atoms with van der Waals surface area (Å²) >= 11 is 0. The second-order valence-electron chi connectivity index (χ2n) is 9.40. The third-order valence-corrected chi connectivity index (χ3v) is 7.14. The molecule has 0 aromatic heterocycles. The number of likely N-dealkylation sites (N-methyl/N-ethyl adjacent to an activating group) is 1. The molecule has 1 N–H and O–H groups in total. The molecule has 8 heteroatoms. The molecule has 3 aliphatic rings. The van der Waals surface area contributed by atoms with Gasteiger partial charge in [-0.1, -0.05) is 12.2 Å². The maximum atomic E-state index is 13.8. The van der Waals surface area contributed by atoms with E-state index in [4.69, 9.17) is 4.74 Å². The number of hydrogen-bond acceptors (Lipinski definition) is 5. The van der Waals surface area contributed by atoms with Crippen LogP contribution in [0.4, 0.5) is 0 Å². The Bertz CT molecular complexity index is 769. The number of fused-ring (bicyclic) bond motifs is 1. The predicted molar refractivity (Wildman–Crippen MR) is 121 cm³/mol. The Balaban J connectivity index is 2.00. The summed E-state index contributed by atoms with van der Waals surface area (Å²) in [6, 6.07) is -0.839. The summed E-state index contributed by atoms with van der Waals surface area (Å²) < 4.78 is 6.44. The number of ether oxygens (including phenoxy) is 1. The van der Waals surface area contributed by atoms with E-state index >= 15 is 0 Å². The van der Waals surface area contributed by atoms with Crippen molar-refractivity contribution in [1.82, 2.24) is 14.7 Å². The van der Waals surface area contributed by atoms with Gasteiger partial charge in [0.15, 0.2) is 0 Å². The molecule has 5 atom stereocenters. The van der Waals surface area contributed by atoms with Crippen LogP contribution in [0.5, 0.6) is 0 Å². The first-order valence-corrected chi connectivity index (χ1v) is 11.6. The third-order valence-electron chi connectivity index (χ3n) is 7.14. The number of carbonyl (C=O) groups excluding carboxylic acids is 3. The number of unbranched alkanes of at least 4 members (excludes halogenated alkanes) is 1. The number of nitrogens with zero attached hydrogens (tertiary/aromatic N) is 3. The number of aliphatic hydroxyl groups is 1. The number of amides is 3. The molecule has 0 aromatic rings. The van der Waals surface area contributed by atoms with Crippen LogP contribution in [0.3, 0.4) is 0 Å². The monoisotopic (exact) mass is 447 g/mol. The van der Waals surface area contributed by atoms with Gasteiger partial charge in [-0.3, -0.25) is 14.4 Å². The Morgan fingerprint density at radius 3 is 2.53 bits per heavy atom. The number of hydrogen-bond donors (Lipinski definition) is 1. The van der Waals surface area contributed by atoms with Crippen LogP contribution in [0, 0.1) is 11.8 Å². The van der Waals surface area contributed by atoms with Gasteiger partial charge in [0.05, 0.1) is 17.9 Å². The van der Waals surface area contributed by atoms with Crippen LogP contribution in [-0.4, -0.2) is 94.6 Å². The van der Waals surface area contributed by atoms with Gasteiger partial charge in [0.25, 0.3) is 0 Å². The summed E-state index contributed by atoms with van der Waals surface area (Å²) in [7, 11) is 1.70. The average Bonchev–Trinajstić information content (AvgIpc) is 3.39. The summed E-state index contributed by atoms with van der Waals surface area (Å²) in [6.07, 6.45) is 5.33. The molecule has 8 nitrogen and oxygen atoms in total. The lowest BCUT2D eigenvalue weighted by Gasteiger charge is -2.38. The molecule has 0 radical (unpaired) electrons. The van der Waals surface area contributed by atoms with Gasteiger partial charge in [-0.05, 0) is 39.5 Å². The maximum Gasteiger partial charge on any atom is 0.248 e. The summed E-state index contributed by atoms with van der Waals surface area (Å²) in [5.41, 5.74) is -0.984. The fraction of sp³-hybridized carbons (Fsp3) is 0.708. The molecule has 3 saturated heterocycles. The van der Waals surface area contributed by atoms with Gasteiger partial charge in [-0.15, -0.1) is 13.2 Å². The van der Waals surface area contributed by atoms with E-state index in [1.807, 2.05) is 13.8 Å². The van der Waals surface area contributed by atoms with E-state index in [0.29, 0.717) is 45.3 Å². The molecule has 3 aliphatic heterocycles. The summed E-state index contributed by atoms with van der Waals surface area (Å²) in [6.45, 7) is 12.5. The molecule has 3 heterocycles. The zero-order chi connectivity index (χ0) is 23.6. The fourth-order valence-electron chi connectivity index (χ4n) is 5.74. The second kappa shape index (κ2) is 9.75. The molecule has 2 unspecified atom stereocenters. The van der Waals surface area contributed by atoms with E-state index < -0.39 is 23.5 Å². The van der Waals surface area contributed by atoms with Crippen LogP contribution >= 0.6 is 0 Å². The van der Waals surface area contributed by atoms with E-state index in [9.17, 15) is 19.5 Å². The normalized spacial score (nSPS) is 30.5. The van der Waals surface area contributed by atoms with E-state index in [1.54, 1.807) is 33.9 Å². The van der Waals surface area contributed by atoms with E-state index in [0.717, 1.165) is 0 Å². The van der Waals surface area contributed by atoms with Crippen molar-refractivity contribution in [3.05, 3.63) is 25.3 Å². The number of aliphatic hydroxyl groups excluding tert-OH is 1. The topological polar surface area (TPSA) is 90.4 Å². The van der Waals surface area contributed by atoms with Crippen molar-refractivity contribution < 1.29 is 24.2 Å². The van der Waals surface area contributed by atoms with Gasteiger partial charge in [0.1, 0.15) is 11.6 Å². The highest BCUT2D eigenvalue weighted by atomic mass is 16.5. The van der Waals surface area contributed by atoms with Crippen molar-refractivity contribution in [1.29, 1.82) is 0 Å². The molecule has 0 aliphatic carbocycles. The molecule has 3 amide bonds. The van der Waals surface area contributed by atoms with Crippen molar-refractivity contribution in [3.8, 4) is 0 Å². The molecule has 0 saturated carbocycles. The molecule has 1 spiro atoms. The molecular formula is C24H37N3O5. The predicted octanol–water partition coefficient (Wildman–Crippen LogP) is 1.20. The third kappa shape index (κ3) is 3.88. The van der Waals surface area contributed by atoms with Crippen molar-refractivity contribution in [3.63, 3.8) is 0 Å². The first-order valence-electron chi connectivity index (χ1n) is 11.6. The number of rotatable bonds is 11. The van der Waals surface area contributed by atoms with Crippen LogP contribution in [0.15, 0.2) is 25.3 Å². The van der Waals surface area contributed by atoms with Crippen molar-refractivity contribution in [2.24, 2.45) is 11.8 Å². The minimum absolute atomic E-state index is 0.0236. The quantitative estimate of drug-likeness (QED) is 0.380. The van der Waals surface area contributed by atoms with Crippen LogP contribution < -0.4 is 0 Å². The van der Waals surface area contributed by atoms with Gasteiger partial charge in [-0.25, -0.2) is 0 Å². The molecule has 3 fully saturated rings. The summed E-state index contributed by atoms with van der Waals surface area (Å²) in [4.78, 5) is 45.8.